The number of hydrogen-bond donors (Lipinski definition) is 2. The van der Waals surface area contributed by atoms with E-state index in [-0.39, 0.29) is 11.4 Å². The first-order valence-corrected chi connectivity index (χ1v) is 3.66. The van der Waals surface area contributed by atoms with E-state index in [4.69, 9.17) is 5.73 Å². The van der Waals surface area contributed by atoms with Crippen LogP contribution < -0.4 is 11.1 Å². The number of nitrogens with one attached hydrogen (secondary N) is 1. The summed E-state index contributed by atoms with van der Waals surface area (Å²) in [6.07, 6.45) is 3.59. The van der Waals surface area contributed by atoms with E-state index in [9.17, 15) is 4.79 Å². The van der Waals surface area contributed by atoms with Gasteiger partial charge in [-0.3, -0.25) is 4.79 Å². The van der Waals surface area contributed by atoms with E-state index >= 15 is 0 Å². The van der Waals surface area contributed by atoms with Gasteiger partial charge in [-0.05, 0) is 19.3 Å². The second-order valence-corrected chi connectivity index (χ2v) is 3.04. The van der Waals surface area contributed by atoms with Crippen LogP contribution in [0.25, 0.3) is 0 Å². The quantitative estimate of drug-likeness (QED) is 0.583. The molecular formula is C7H14N2O. The highest BCUT2D eigenvalue weighted by Gasteiger charge is 2.37. The molecule has 0 aliphatic heterocycles. The highest BCUT2D eigenvalue weighted by molar-refractivity contribution is 5.75. The van der Waals surface area contributed by atoms with Crippen LogP contribution in [0.1, 0.15) is 25.7 Å². The maximum atomic E-state index is 10.7. The minimum atomic E-state index is 0.0203. The first-order valence-electron chi connectivity index (χ1n) is 3.66. The second-order valence-electron chi connectivity index (χ2n) is 3.04. The molecule has 1 aliphatic carbocycles. The number of nitrogens with two attached hydrogens (primary N) is 1. The summed E-state index contributed by atoms with van der Waals surface area (Å²) in [5.41, 5.74) is 5.79. The summed E-state index contributed by atoms with van der Waals surface area (Å²) in [7, 11) is 1.65. The van der Waals surface area contributed by atoms with Crippen LogP contribution in [0.15, 0.2) is 0 Å². The predicted molar refractivity (Wildman–Crippen MR) is 39.5 cm³/mol. The summed E-state index contributed by atoms with van der Waals surface area (Å²) in [5, 5.41) is 2.57. The first kappa shape index (κ1) is 7.54. The molecule has 3 N–H and O–H groups in total. The van der Waals surface area contributed by atoms with Crippen LogP contribution in [-0.2, 0) is 4.79 Å². The monoisotopic (exact) mass is 142 g/mol. The van der Waals surface area contributed by atoms with Gasteiger partial charge in [0.15, 0.2) is 0 Å². The lowest BCUT2D eigenvalue weighted by molar-refractivity contribution is -0.120. The summed E-state index contributed by atoms with van der Waals surface area (Å²) in [4.78, 5) is 10.7. The molecule has 10 heavy (non-hydrogen) atoms. The van der Waals surface area contributed by atoms with E-state index in [1.807, 2.05) is 0 Å². The Hall–Kier alpha value is -0.570. The van der Waals surface area contributed by atoms with Gasteiger partial charge < -0.3 is 11.1 Å². The Labute approximate surface area is 61.0 Å². The van der Waals surface area contributed by atoms with Gasteiger partial charge in [-0.1, -0.05) is 0 Å². The number of rotatable bonds is 3. The number of amides is 1. The van der Waals surface area contributed by atoms with E-state index < -0.39 is 0 Å². The van der Waals surface area contributed by atoms with Crippen LogP contribution in [-0.4, -0.2) is 18.5 Å². The zero-order valence-corrected chi connectivity index (χ0v) is 6.31. The summed E-state index contributed by atoms with van der Waals surface area (Å²) in [6.45, 7) is 0. The van der Waals surface area contributed by atoms with Crippen molar-refractivity contribution in [3.05, 3.63) is 0 Å². The summed E-state index contributed by atoms with van der Waals surface area (Å²) >= 11 is 0. The van der Waals surface area contributed by atoms with Crippen molar-refractivity contribution in [3.63, 3.8) is 0 Å². The maximum Gasteiger partial charge on any atom is 0.219 e. The van der Waals surface area contributed by atoms with Crippen LogP contribution in [0.2, 0.25) is 0 Å². The first-order chi connectivity index (χ1) is 4.66. The van der Waals surface area contributed by atoms with Crippen LogP contribution in [0.3, 0.4) is 0 Å². The van der Waals surface area contributed by atoms with Gasteiger partial charge in [-0.25, -0.2) is 0 Å². The van der Waals surface area contributed by atoms with E-state index in [2.05, 4.69) is 5.32 Å². The molecule has 0 bridgehead atoms. The van der Waals surface area contributed by atoms with E-state index in [0.717, 1.165) is 19.3 Å². The predicted octanol–water partition coefficient (Wildman–Crippen LogP) is 0.00390. The molecule has 58 valence electrons. The fraction of sp³-hybridized carbons (Fsp3) is 0.857. The molecule has 3 nitrogen and oxygen atoms in total. The fourth-order valence-corrected chi connectivity index (χ4v) is 0.898. The summed E-state index contributed by atoms with van der Waals surface area (Å²) in [6, 6.07) is 0. The Kier molecular flexibility index (Phi) is 1.94. The molecule has 0 atom stereocenters. The molecule has 0 unspecified atom stereocenters. The molecule has 1 amide bonds. The summed E-state index contributed by atoms with van der Waals surface area (Å²) < 4.78 is 0. The lowest BCUT2D eigenvalue weighted by Gasteiger charge is -2.05. The highest BCUT2D eigenvalue weighted by Crippen LogP contribution is 2.36. The van der Waals surface area contributed by atoms with Crippen molar-refractivity contribution >= 4 is 5.91 Å². The van der Waals surface area contributed by atoms with Gasteiger partial charge in [-0.2, -0.15) is 0 Å². The standard InChI is InChI=1S/C7H14N2O/c1-9-6(10)2-3-7(8)4-5-7/h2-5,8H2,1H3,(H,9,10). The minimum Gasteiger partial charge on any atom is -0.359 e. The third kappa shape index (κ3) is 1.99. The van der Waals surface area contributed by atoms with Gasteiger partial charge in [0.1, 0.15) is 0 Å². The Morgan fingerprint density at radius 2 is 2.30 bits per heavy atom. The van der Waals surface area contributed by atoms with Crippen LogP contribution in [0.4, 0.5) is 0 Å². The normalized spacial score (nSPS) is 20.2. The highest BCUT2D eigenvalue weighted by atomic mass is 16.1. The molecule has 0 saturated heterocycles. The van der Waals surface area contributed by atoms with E-state index in [1.54, 1.807) is 7.05 Å². The van der Waals surface area contributed by atoms with Crippen molar-refractivity contribution in [2.45, 2.75) is 31.2 Å². The number of hydrogen-bond acceptors (Lipinski definition) is 2. The van der Waals surface area contributed by atoms with Crippen LogP contribution in [0, 0.1) is 0 Å². The zero-order valence-electron chi connectivity index (χ0n) is 6.31. The molecule has 3 heteroatoms. The molecule has 0 aromatic carbocycles. The van der Waals surface area contributed by atoms with Crippen molar-refractivity contribution in [1.82, 2.24) is 5.32 Å². The molecule has 0 heterocycles. The Morgan fingerprint density at radius 1 is 1.70 bits per heavy atom. The maximum absolute atomic E-state index is 10.7. The SMILES string of the molecule is CNC(=O)CCC1(N)CC1. The molecule has 0 radical (unpaired) electrons. The van der Waals surface area contributed by atoms with Crippen molar-refractivity contribution < 1.29 is 4.79 Å². The Morgan fingerprint density at radius 3 is 2.70 bits per heavy atom. The molecule has 0 spiro atoms. The van der Waals surface area contributed by atoms with Gasteiger partial charge >= 0.3 is 0 Å². The lowest BCUT2D eigenvalue weighted by Crippen LogP contribution is -2.26. The largest absolute Gasteiger partial charge is 0.359 e. The summed E-state index contributed by atoms with van der Waals surface area (Å²) in [5.74, 6) is 0.0942. The van der Waals surface area contributed by atoms with Gasteiger partial charge in [0, 0.05) is 19.0 Å². The van der Waals surface area contributed by atoms with Gasteiger partial charge in [0.2, 0.25) is 5.91 Å². The van der Waals surface area contributed by atoms with Gasteiger partial charge in [0.05, 0.1) is 0 Å². The van der Waals surface area contributed by atoms with Crippen LogP contribution >= 0.6 is 0 Å². The smallest absolute Gasteiger partial charge is 0.219 e. The number of carbonyl (C=O) groups excluding carboxylic acids is 1. The minimum absolute atomic E-state index is 0.0203. The van der Waals surface area contributed by atoms with E-state index in [1.165, 1.54) is 0 Å². The van der Waals surface area contributed by atoms with Crippen LogP contribution in [0.5, 0.6) is 0 Å². The van der Waals surface area contributed by atoms with Crippen molar-refractivity contribution in [1.29, 1.82) is 0 Å². The third-order valence-corrected chi connectivity index (χ3v) is 2.02. The van der Waals surface area contributed by atoms with E-state index in [0.29, 0.717) is 6.42 Å². The molecule has 1 fully saturated rings. The second kappa shape index (κ2) is 2.58. The molecule has 0 aromatic heterocycles. The molecule has 0 aromatic rings. The molecule has 1 rings (SSSR count). The average molecular weight is 142 g/mol. The lowest BCUT2D eigenvalue weighted by atomic mass is 10.1. The topological polar surface area (TPSA) is 55.1 Å². The van der Waals surface area contributed by atoms with Crippen molar-refractivity contribution in [3.8, 4) is 0 Å². The Bertz CT molecular complexity index is 141. The van der Waals surface area contributed by atoms with Gasteiger partial charge in [0.25, 0.3) is 0 Å². The fourth-order valence-electron chi connectivity index (χ4n) is 0.898. The molecule has 1 saturated carbocycles. The molecule has 1 aliphatic rings. The number of carbonyl (C=O) groups is 1. The van der Waals surface area contributed by atoms with Gasteiger partial charge in [-0.15, -0.1) is 0 Å². The third-order valence-electron chi connectivity index (χ3n) is 2.02. The van der Waals surface area contributed by atoms with Crippen molar-refractivity contribution in [2.24, 2.45) is 5.73 Å². The Balaban J connectivity index is 2.10. The zero-order chi connectivity index (χ0) is 7.61. The van der Waals surface area contributed by atoms with Crippen molar-refractivity contribution in [2.75, 3.05) is 7.05 Å². The average Bonchev–Trinajstić information content (AvgIpc) is 2.64. The molecular weight excluding hydrogens is 128 g/mol.